The Labute approximate surface area is 130 Å². The van der Waals surface area contributed by atoms with E-state index in [4.69, 9.17) is 17.3 Å². The number of aliphatic hydroxyl groups excluding tert-OH is 1. The Bertz CT molecular complexity index is 431. The van der Waals surface area contributed by atoms with Crippen molar-refractivity contribution in [3.8, 4) is 0 Å². The molecule has 0 aliphatic carbocycles. The lowest BCUT2D eigenvalue weighted by atomic mass is 10.0. The number of hydrogen-bond donors (Lipinski definition) is 2. The number of rotatable bonds is 3. The van der Waals surface area contributed by atoms with Crippen LogP contribution in [0.1, 0.15) is 18.4 Å². The first-order chi connectivity index (χ1) is 9.06. The van der Waals surface area contributed by atoms with E-state index in [0.29, 0.717) is 37.4 Å². The Balaban J connectivity index is 0.00000200. The van der Waals surface area contributed by atoms with Gasteiger partial charge >= 0.3 is 0 Å². The van der Waals surface area contributed by atoms with Gasteiger partial charge in [-0.05, 0) is 37.0 Å². The first-order valence-electron chi connectivity index (χ1n) is 6.53. The number of amides is 1. The molecule has 6 heteroatoms. The van der Waals surface area contributed by atoms with Crippen LogP contribution in [0.4, 0.5) is 0 Å². The first kappa shape index (κ1) is 17.2. The van der Waals surface area contributed by atoms with Gasteiger partial charge in [0.05, 0.1) is 12.1 Å². The molecule has 1 aliphatic heterocycles. The number of aliphatic hydroxyl groups is 1. The monoisotopic (exact) mass is 318 g/mol. The van der Waals surface area contributed by atoms with Crippen LogP contribution in [0, 0.1) is 0 Å². The molecular formula is C14H20Cl2N2O2. The molecule has 1 saturated heterocycles. The zero-order valence-electron chi connectivity index (χ0n) is 11.2. The summed E-state index contributed by atoms with van der Waals surface area (Å²) >= 11 is 5.82. The molecule has 1 heterocycles. The maximum absolute atomic E-state index is 12.2. The summed E-state index contributed by atoms with van der Waals surface area (Å²) in [5.74, 6) is -0.0400. The summed E-state index contributed by atoms with van der Waals surface area (Å²) in [6, 6.07) is 6.83. The maximum atomic E-state index is 12.2. The van der Waals surface area contributed by atoms with E-state index in [0.717, 1.165) is 5.56 Å². The molecule has 3 N–H and O–H groups in total. The van der Waals surface area contributed by atoms with Crippen molar-refractivity contribution >= 4 is 29.9 Å². The minimum Gasteiger partial charge on any atom is -0.393 e. The normalized spacial score (nSPS) is 17.4. The van der Waals surface area contributed by atoms with Gasteiger partial charge in [-0.2, -0.15) is 0 Å². The number of carbonyl (C=O) groups excluding carboxylic acids is 1. The molecule has 2 rings (SSSR count). The van der Waals surface area contributed by atoms with Gasteiger partial charge in [0, 0.05) is 18.1 Å². The van der Waals surface area contributed by atoms with Gasteiger partial charge < -0.3 is 15.7 Å². The number of nitrogens with zero attached hydrogens (tertiary/aromatic N) is 1. The summed E-state index contributed by atoms with van der Waals surface area (Å²) in [6.07, 6.45) is 1.50. The Morgan fingerprint density at radius 1 is 1.35 bits per heavy atom. The molecule has 0 aromatic heterocycles. The summed E-state index contributed by atoms with van der Waals surface area (Å²) in [5.41, 5.74) is 6.97. The van der Waals surface area contributed by atoms with Crippen molar-refractivity contribution in [3.05, 3.63) is 34.9 Å². The number of hydrogen-bond acceptors (Lipinski definition) is 3. The number of benzene rings is 1. The van der Waals surface area contributed by atoms with Crippen LogP contribution in [0.25, 0.3) is 0 Å². The zero-order chi connectivity index (χ0) is 13.8. The van der Waals surface area contributed by atoms with Crippen LogP contribution in [0.15, 0.2) is 24.3 Å². The minimum atomic E-state index is -0.531. The van der Waals surface area contributed by atoms with E-state index >= 15 is 0 Å². The van der Waals surface area contributed by atoms with E-state index in [9.17, 15) is 9.90 Å². The van der Waals surface area contributed by atoms with E-state index < -0.39 is 6.04 Å². The number of likely N-dealkylation sites (tertiary alicyclic amines) is 1. The molecule has 1 unspecified atom stereocenters. The Morgan fingerprint density at radius 3 is 2.45 bits per heavy atom. The third-order valence-electron chi connectivity index (χ3n) is 3.46. The Morgan fingerprint density at radius 2 is 1.90 bits per heavy atom. The van der Waals surface area contributed by atoms with Gasteiger partial charge in [0.25, 0.3) is 0 Å². The summed E-state index contributed by atoms with van der Waals surface area (Å²) in [6.45, 7) is 1.18. The number of carbonyl (C=O) groups is 1. The van der Waals surface area contributed by atoms with Crippen molar-refractivity contribution in [2.45, 2.75) is 31.4 Å². The molecule has 1 aromatic carbocycles. The number of piperidine rings is 1. The van der Waals surface area contributed by atoms with Gasteiger partial charge in [0.2, 0.25) is 5.91 Å². The average molecular weight is 319 g/mol. The van der Waals surface area contributed by atoms with Crippen molar-refractivity contribution in [2.75, 3.05) is 13.1 Å². The third kappa shape index (κ3) is 4.63. The average Bonchev–Trinajstić information content (AvgIpc) is 2.41. The Kier molecular flexibility index (Phi) is 6.76. The van der Waals surface area contributed by atoms with E-state index in [1.807, 2.05) is 12.1 Å². The molecule has 0 saturated carbocycles. The van der Waals surface area contributed by atoms with Crippen LogP contribution in [0.3, 0.4) is 0 Å². The highest BCUT2D eigenvalue weighted by molar-refractivity contribution is 6.30. The molecule has 1 aromatic rings. The maximum Gasteiger partial charge on any atom is 0.239 e. The van der Waals surface area contributed by atoms with Crippen molar-refractivity contribution in [3.63, 3.8) is 0 Å². The lowest BCUT2D eigenvalue weighted by molar-refractivity contribution is -0.134. The smallest absolute Gasteiger partial charge is 0.239 e. The predicted octanol–water partition coefficient (Wildman–Crippen LogP) is 1.61. The van der Waals surface area contributed by atoms with Gasteiger partial charge in [0.15, 0.2) is 0 Å². The molecule has 0 bridgehead atoms. The molecule has 4 nitrogen and oxygen atoms in total. The van der Waals surface area contributed by atoms with E-state index in [2.05, 4.69) is 0 Å². The molecule has 112 valence electrons. The van der Waals surface area contributed by atoms with Gasteiger partial charge in [-0.3, -0.25) is 4.79 Å². The molecule has 1 fully saturated rings. The van der Waals surface area contributed by atoms with Crippen LogP contribution in [-0.4, -0.2) is 41.1 Å². The largest absolute Gasteiger partial charge is 0.393 e. The number of nitrogens with two attached hydrogens (primary N) is 1. The van der Waals surface area contributed by atoms with Gasteiger partial charge in [-0.15, -0.1) is 12.4 Å². The van der Waals surface area contributed by atoms with Crippen molar-refractivity contribution in [2.24, 2.45) is 5.73 Å². The highest BCUT2D eigenvalue weighted by Crippen LogP contribution is 2.14. The molecule has 1 atom stereocenters. The quantitative estimate of drug-likeness (QED) is 0.890. The van der Waals surface area contributed by atoms with Gasteiger partial charge in [-0.25, -0.2) is 0 Å². The fourth-order valence-corrected chi connectivity index (χ4v) is 2.41. The SMILES string of the molecule is Cl.NC(Cc1ccc(Cl)cc1)C(=O)N1CCC(O)CC1. The van der Waals surface area contributed by atoms with E-state index in [1.54, 1.807) is 17.0 Å². The summed E-state index contributed by atoms with van der Waals surface area (Å²) in [7, 11) is 0. The molecule has 0 spiro atoms. The second kappa shape index (κ2) is 7.84. The van der Waals surface area contributed by atoms with Crippen molar-refractivity contribution in [1.29, 1.82) is 0 Å². The third-order valence-corrected chi connectivity index (χ3v) is 3.71. The minimum absolute atomic E-state index is 0. The highest BCUT2D eigenvalue weighted by atomic mass is 35.5. The summed E-state index contributed by atoms with van der Waals surface area (Å²) in [4.78, 5) is 13.9. The lowest BCUT2D eigenvalue weighted by Crippen LogP contribution is -2.48. The van der Waals surface area contributed by atoms with Crippen LogP contribution >= 0.6 is 24.0 Å². The van der Waals surface area contributed by atoms with Crippen molar-refractivity contribution in [1.82, 2.24) is 4.90 Å². The fourth-order valence-electron chi connectivity index (χ4n) is 2.28. The van der Waals surface area contributed by atoms with Crippen LogP contribution in [-0.2, 0) is 11.2 Å². The van der Waals surface area contributed by atoms with Gasteiger partial charge in [0.1, 0.15) is 0 Å². The molecule has 20 heavy (non-hydrogen) atoms. The second-order valence-electron chi connectivity index (χ2n) is 4.99. The molecule has 1 aliphatic rings. The predicted molar refractivity (Wildman–Crippen MR) is 82.2 cm³/mol. The van der Waals surface area contributed by atoms with Crippen molar-refractivity contribution < 1.29 is 9.90 Å². The lowest BCUT2D eigenvalue weighted by Gasteiger charge is -2.31. The number of halogens is 2. The first-order valence-corrected chi connectivity index (χ1v) is 6.91. The second-order valence-corrected chi connectivity index (χ2v) is 5.43. The highest BCUT2D eigenvalue weighted by Gasteiger charge is 2.25. The molecule has 0 radical (unpaired) electrons. The van der Waals surface area contributed by atoms with E-state index in [-0.39, 0.29) is 24.4 Å². The van der Waals surface area contributed by atoms with E-state index in [1.165, 1.54) is 0 Å². The molecular weight excluding hydrogens is 299 g/mol. The summed E-state index contributed by atoms with van der Waals surface area (Å²) in [5, 5.41) is 10.1. The van der Waals surface area contributed by atoms with Crippen LogP contribution in [0.2, 0.25) is 5.02 Å². The Hall–Kier alpha value is -0.810. The fraction of sp³-hybridized carbons (Fsp3) is 0.500. The van der Waals surface area contributed by atoms with Crippen LogP contribution in [0.5, 0.6) is 0 Å². The summed E-state index contributed by atoms with van der Waals surface area (Å²) < 4.78 is 0. The van der Waals surface area contributed by atoms with Crippen LogP contribution < -0.4 is 5.73 Å². The van der Waals surface area contributed by atoms with Gasteiger partial charge in [-0.1, -0.05) is 23.7 Å². The molecule has 1 amide bonds. The zero-order valence-corrected chi connectivity index (χ0v) is 12.7. The topological polar surface area (TPSA) is 66.6 Å². The standard InChI is InChI=1S/C14H19ClN2O2.ClH/c15-11-3-1-10(2-4-11)9-13(16)14(19)17-7-5-12(18)6-8-17;/h1-4,12-13,18H,5-9,16H2;1H.